The van der Waals surface area contributed by atoms with Crippen molar-refractivity contribution in [2.75, 3.05) is 0 Å². The van der Waals surface area contributed by atoms with Crippen molar-refractivity contribution < 1.29 is 0 Å². The highest BCUT2D eigenvalue weighted by atomic mass is 14.0. The average Bonchev–Trinajstić information content (AvgIpc) is 3.12. The first kappa shape index (κ1) is 28.4. The van der Waals surface area contributed by atoms with Gasteiger partial charge in [-0.2, -0.15) is 0 Å². The van der Waals surface area contributed by atoms with Gasteiger partial charge in [0.15, 0.2) is 0 Å². The number of fused-ring (bicyclic) bond motifs is 6. The second kappa shape index (κ2) is 14.4. The Hall–Kier alpha value is -5.72. The zero-order valence-corrected chi connectivity index (χ0v) is 24.6. The molecular weight excluding hydrogens is 528 g/mol. The first-order chi connectivity index (χ1) is 21.8. The van der Waals surface area contributed by atoms with E-state index in [0.717, 1.165) is 0 Å². The molecule has 210 valence electrons. The van der Waals surface area contributed by atoms with E-state index in [1.165, 1.54) is 53.9 Å². The second-order valence-electron chi connectivity index (χ2n) is 10.6. The Morgan fingerprint density at radius 3 is 0.682 bits per heavy atom. The van der Waals surface area contributed by atoms with Gasteiger partial charge in [0.2, 0.25) is 0 Å². The van der Waals surface area contributed by atoms with Crippen molar-refractivity contribution in [3.63, 3.8) is 0 Å². The molecule has 0 heteroatoms. The summed E-state index contributed by atoms with van der Waals surface area (Å²) in [5, 5.41) is 13.2. The predicted molar refractivity (Wildman–Crippen MR) is 193 cm³/mol. The third kappa shape index (κ3) is 7.18. The number of benzene rings is 9. The molecule has 0 aliphatic heterocycles. The van der Waals surface area contributed by atoms with Gasteiger partial charge in [0.05, 0.1) is 0 Å². The number of hydrogen-bond acceptors (Lipinski definition) is 0. The van der Waals surface area contributed by atoms with Gasteiger partial charge >= 0.3 is 0 Å². The van der Waals surface area contributed by atoms with Crippen LogP contribution in [-0.2, 0) is 0 Å². The molecule has 0 aliphatic rings. The SMILES string of the molecule is c1ccc2c(c1)ccc1ccccc12.c1ccc2cc3ccccc3cc2c1.c1ccc2ccccc2c1.c1ccccc1. The third-order valence-corrected chi connectivity index (χ3v) is 7.59. The molecule has 9 aromatic carbocycles. The van der Waals surface area contributed by atoms with Crippen LogP contribution in [-0.4, -0.2) is 0 Å². The first-order valence-electron chi connectivity index (χ1n) is 15.0. The van der Waals surface area contributed by atoms with Gasteiger partial charge in [-0.3, -0.25) is 0 Å². The van der Waals surface area contributed by atoms with Crippen LogP contribution in [0.15, 0.2) is 206 Å². The van der Waals surface area contributed by atoms with Crippen LogP contribution in [0.25, 0.3) is 53.9 Å². The van der Waals surface area contributed by atoms with Crippen molar-refractivity contribution >= 4 is 53.9 Å². The summed E-state index contributed by atoms with van der Waals surface area (Å²) in [6, 6.07) is 71.5. The van der Waals surface area contributed by atoms with E-state index in [2.05, 4.69) is 170 Å². The minimum Gasteiger partial charge on any atom is -0.0623 e. The molecule has 0 nitrogen and oxygen atoms in total. The Bertz CT molecular complexity index is 1960. The smallest absolute Gasteiger partial charge is 0.0105 e. The van der Waals surface area contributed by atoms with Crippen LogP contribution >= 0.6 is 0 Å². The van der Waals surface area contributed by atoms with Crippen LogP contribution in [0.2, 0.25) is 0 Å². The maximum absolute atomic E-state index is 2.24. The van der Waals surface area contributed by atoms with Crippen LogP contribution < -0.4 is 0 Å². The lowest BCUT2D eigenvalue weighted by Gasteiger charge is -2.02. The van der Waals surface area contributed by atoms with E-state index in [4.69, 9.17) is 0 Å². The molecule has 0 bridgehead atoms. The second-order valence-corrected chi connectivity index (χ2v) is 10.6. The van der Waals surface area contributed by atoms with Gasteiger partial charge in [-0.25, -0.2) is 0 Å². The molecule has 0 unspecified atom stereocenters. The van der Waals surface area contributed by atoms with Gasteiger partial charge in [0, 0.05) is 0 Å². The van der Waals surface area contributed by atoms with E-state index in [-0.39, 0.29) is 0 Å². The van der Waals surface area contributed by atoms with Crippen molar-refractivity contribution in [3.05, 3.63) is 206 Å². The zero-order chi connectivity index (χ0) is 29.8. The largest absolute Gasteiger partial charge is 0.0623 e. The summed E-state index contributed by atoms with van der Waals surface area (Å²) in [6.45, 7) is 0. The molecule has 44 heavy (non-hydrogen) atoms. The van der Waals surface area contributed by atoms with Gasteiger partial charge in [-0.05, 0) is 66.0 Å². The molecule has 0 N–H and O–H groups in total. The molecule has 0 radical (unpaired) electrons. The van der Waals surface area contributed by atoms with Crippen molar-refractivity contribution in [1.29, 1.82) is 0 Å². The van der Waals surface area contributed by atoms with E-state index < -0.39 is 0 Å². The highest BCUT2D eigenvalue weighted by molar-refractivity contribution is 6.07. The summed E-state index contributed by atoms with van der Waals surface area (Å²) in [5.74, 6) is 0. The topological polar surface area (TPSA) is 0 Å². The average molecular weight is 563 g/mol. The summed E-state index contributed by atoms with van der Waals surface area (Å²) in [5.41, 5.74) is 0. The third-order valence-electron chi connectivity index (χ3n) is 7.59. The van der Waals surface area contributed by atoms with Gasteiger partial charge < -0.3 is 0 Å². The fraction of sp³-hybridized carbons (Fsp3) is 0. The molecule has 0 saturated heterocycles. The van der Waals surface area contributed by atoms with Gasteiger partial charge in [0.1, 0.15) is 0 Å². The van der Waals surface area contributed by atoms with Gasteiger partial charge in [-0.15, -0.1) is 0 Å². The Labute approximate surface area is 259 Å². The van der Waals surface area contributed by atoms with Crippen LogP contribution in [0, 0.1) is 0 Å². The molecule has 9 rings (SSSR count). The van der Waals surface area contributed by atoms with E-state index in [1.54, 1.807) is 0 Å². The fourth-order valence-corrected chi connectivity index (χ4v) is 5.36. The maximum Gasteiger partial charge on any atom is -0.0105 e. The lowest BCUT2D eigenvalue weighted by atomic mass is 10.0. The lowest BCUT2D eigenvalue weighted by molar-refractivity contribution is 1.72. The summed E-state index contributed by atoms with van der Waals surface area (Å²) in [7, 11) is 0. The van der Waals surface area contributed by atoms with Crippen molar-refractivity contribution in [2.24, 2.45) is 0 Å². The minimum absolute atomic E-state index is 1.31. The highest BCUT2D eigenvalue weighted by Crippen LogP contribution is 2.25. The Balaban J connectivity index is 0.000000108. The lowest BCUT2D eigenvalue weighted by Crippen LogP contribution is -1.75. The van der Waals surface area contributed by atoms with Crippen LogP contribution in [0.5, 0.6) is 0 Å². The zero-order valence-electron chi connectivity index (χ0n) is 24.6. The molecular formula is C44H34. The van der Waals surface area contributed by atoms with Crippen LogP contribution in [0.1, 0.15) is 0 Å². The first-order valence-corrected chi connectivity index (χ1v) is 15.0. The maximum atomic E-state index is 2.24. The molecule has 0 atom stereocenters. The molecule has 0 aliphatic carbocycles. The molecule has 0 fully saturated rings. The van der Waals surface area contributed by atoms with E-state index in [0.29, 0.717) is 0 Å². The van der Waals surface area contributed by atoms with Crippen LogP contribution in [0.4, 0.5) is 0 Å². The molecule has 0 spiro atoms. The Morgan fingerprint density at radius 2 is 0.386 bits per heavy atom. The minimum atomic E-state index is 1.31. The van der Waals surface area contributed by atoms with E-state index in [9.17, 15) is 0 Å². The number of rotatable bonds is 0. The highest BCUT2D eigenvalue weighted by Gasteiger charge is 1.97. The Morgan fingerprint density at radius 1 is 0.159 bits per heavy atom. The van der Waals surface area contributed by atoms with Gasteiger partial charge in [-0.1, -0.05) is 194 Å². The van der Waals surface area contributed by atoms with Crippen LogP contribution in [0.3, 0.4) is 0 Å². The van der Waals surface area contributed by atoms with Crippen molar-refractivity contribution in [1.82, 2.24) is 0 Å². The standard InChI is InChI=1S/2C14H10.C10H8.C6H6/c1-3-7-13-11(5-1)9-10-12-6-2-4-8-14(12)13;1-2-6-12-10-14-8-4-3-7-13(14)9-11(12)5-1;1-2-6-10-8-4-3-7-9(10)5-1;1-2-4-6-5-3-1/h2*1-10H;1-8H;1-6H. The van der Waals surface area contributed by atoms with E-state index >= 15 is 0 Å². The quantitative estimate of drug-likeness (QED) is 0.127. The summed E-state index contributed by atoms with van der Waals surface area (Å²) >= 11 is 0. The summed E-state index contributed by atoms with van der Waals surface area (Å²) in [4.78, 5) is 0. The number of hydrogen-bond donors (Lipinski definition) is 0. The molecule has 0 saturated carbocycles. The molecule has 9 aromatic rings. The summed E-state index contributed by atoms with van der Waals surface area (Å²) < 4.78 is 0. The van der Waals surface area contributed by atoms with Gasteiger partial charge in [0.25, 0.3) is 0 Å². The molecule has 0 aromatic heterocycles. The monoisotopic (exact) mass is 562 g/mol. The van der Waals surface area contributed by atoms with E-state index in [1.807, 2.05) is 36.4 Å². The summed E-state index contributed by atoms with van der Waals surface area (Å²) in [6.07, 6.45) is 0. The molecule has 0 amide bonds. The fourth-order valence-electron chi connectivity index (χ4n) is 5.36. The molecule has 0 heterocycles. The van der Waals surface area contributed by atoms with Crippen molar-refractivity contribution in [2.45, 2.75) is 0 Å². The van der Waals surface area contributed by atoms with Crippen molar-refractivity contribution in [3.8, 4) is 0 Å². The Kier molecular flexibility index (Phi) is 9.33. The predicted octanol–water partition coefficient (Wildman–Crippen LogP) is 12.5. The normalized spacial score (nSPS) is 10.3.